The summed E-state index contributed by atoms with van der Waals surface area (Å²) in [6.45, 7) is 0. The summed E-state index contributed by atoms with van der Waals surface area (Å²) >= 11 is 0. The van der Waals surface area contributed by atoms with Gasteiger partial charge in [0.1, 0.15) is 17.4 Å². The topological polar surface area (TPSA) is 66.0 Å². The number of halogens is 1. The number of nitrogens with zero attached hydrogens (tertiary/aromatic N) is 1. The third kappa shape index (κ3) is 2.06. The highest BCUT2D eigenvalue weighted by atomic mass is 19.1. The summed E-state index contributed by atoms with van der Waals surface area (Å²) in [5, 5.41) is 9.75. The Hall–Kier alpha value is -2.69. The number of nitrogens with one attached hydrogen (secondary N) is 1. The van der Waals surface area contributed by atoms with Crippen molar-refractivity contribution < 1.29 is 9.50 Å². The number of H-pyrrole nitrogens is 1. The summed E-state index contributed by atoms with van der Waals surface area (Å²) in [5.74, 6) is -0.0917. The van der Waals surface area contributed by atoms with Crippen molar-refractivity contribution >= 4 is 10.9 Å². The average Bonchev–Trinajstić information content (AvgIpc) is 2.38. The van der Waals surface area contributed by atoms with E-state index in [0.29, 0.717) is 16.8 Å². The maximum Gasteiger partial charge on any atom is 0.259 e. The molecule has 0 unspecified atom stereocenters. The van der Waals surface area contributed by atoms with Gasteiger partial charge in [-0.25, -0.2) is 9.37 Å². The van der Waals surface area contributed by atoms with E-state index in [1.54, 1.807) is 12.1 Å². The summed E-state index contributed by atoms with van der Waals surface area (Å²) in [7, 11) is 0. The second kappa shape index (κ2) is 4.20. The van der Waals surface area contributed by atoms with E-state index in [-0.39, 0.29) is 16.8 Å². The summed E-state index contributed by atoms with van der Waals surface area (Å²) in [6.07, 6.45) is 0. The Morgan fingerprint density at radius 1 is 1.16 bits per heavy atom. The summed E-state index contributed by atoms with van der Waals surface area (Å²) in [6, 6.07) is 10.1. The maximum absolute atomic E-state index is 13.2. The number of fused-ring (bicyclic) bond motifs is 1. The first-order chi connectivity index (χ1) is 9.13. The van der Waals surface area contributed by atoms with Gasteiger partial charge < -0.3 is 10.1 Å². The number of phenols is 1. The molecule has 1 aromatic heterocycles. The molecule has 0 radical (unpaired) electrons. The predicted octanol–water partition coefficient (Wildman–Crippen LogP) is 2.43. The van der Waals surface area contributed by atoms with Crippen molar-refractivity contribution in [3.8, 4) is 17.1 Å². The zero-order valence-electron chi connectivity index (χ0n) is 9.72. The van der Waals surface area contributed by atoms with Crippen molar-refractivity contribution in [2.75, 3.05) is 0 Å². The second-order valence-electron chi connectivity index (χ2n) is 4.13. The lowest BCUT2D eigenvalue weighted by Crippen LogP contribution is -2.09. The molecule has 0 aliphatic heterocycles. The number of hydrogen-bond donors (Lipinski definition) is 2. The zero-order chi connectivity index (χ0) is 13.4. The first-order valence-electron chi connectivity index (χ1n) is 5.62. The Morgan fingerprint density at radius 3 is 2.79 bits per heavy atom. The molecule has 3 rings (SSSR count). The predicted molar refractivity (Wildman–Crippen MR) is 69.4 cm³/mol. The molecule has 94 valence electrons. The van der Waals surface area contributed by atoms with Gasteiger partial charge >= 0.3 is 0 Å². The van der Waals surface area contributed by atoms with Crippen molar-refractivity contribution in [2.45, 2.75) is 0 Å². The zero-order valence-corrected chi connectivity index (χ0v) is 9.72. The molecule has 2 N–H and O–H groups in total. The van der Waals surface area contributed by atoms with E-state index in [1.165, 1.54) is 30.3 Å². The summed E-state index contributed by atoms with van der Waals surface area (Å²) < 4.78 is 13.2. The molecule has 2 aromatic carbocycles. The number of benzene rings is 2. The van der Waals surface area contributed by atoms with Crippen LogP contribution in [0.15, 0.2) is 47.3 Å². The van der Waals surface area contributed by atoms with Gasteiger partial charge in [0.15, 0.2) is 0 Å². The Morgan fingerprint density at radius 2 is 2.00 bits per heavy atom. The lowest BCUT2D eigenvalue weighted by atomic mass is 10.2. The fourth-order valence-electron chi connectivity index (χ4n) is 1.90. The van der Waals surface area contributed by atoms with Gasteiger partial charge in [0.25, 0.3) is 5.56 Å². The molecule has 0 amide bonds. The monoisotopic (exact) mass is 256 g/mol. The van der Waals surface area contributed by atoms with Crippen LogP contribution in [-0.4, -0.2) is 15.1 Å². The first-order valence-corrected chi connectivity index (χ1v) is 5.62. The Labute approximate surface area is 107 Å². The molecule has 0 bridgehead atoms. The Balaban J connectivity index is 2.28. The quantitative estimate of drug-likeness (QED) is 0.702. The molecule has 0 aliphatic rings. The van der Waals surface area contributed by atoms with Crippen LogP contribution in [0.2, 0.25) is 0 Å². The van der Waals surface area contributed by atoms with Crippen molar-refractivity contribution in [3.05, 3.63) is 58.6 Å². The van der Waals surface area contributed by atoms with Gasteiger partial charge in [0.05, 0.1) is 10.9 Å². The molecule has 19 heavy (non-hydrogen) atoms. The minimum absolute atomic E-state index is 0.0690. The van der Waals surface area contributed by atoms with Crippen LogP contribution in [0, 0.1) is 5.82 Å². The van der Waals surface area contributed by atoms with Gasteiger partial charge in [0.2, 0.25) is 0 Å². The number of phenolic OH excluding ortho intramolecular Hbond substituents is 1. The van der Waals surface area contributed by atoms with Gasteiger partial charge in [-0.15, -0.1) is 0 Å². The largest absolute Gasteiger partial charge is 0.508 e. The molecule has 4 nitrogen and oxygen atoms in total. The van der Waals surface area contributed by atoms with Gasteiger partial charge in [-0.2, -0.15) is 0 Å². The van der Waals surface area contributed by atoms with Crippen LogP contribution in [0.5, 0.6) is 5.75 Å². The third-order valence-corrected chi connectivity index (χ3v) is 2.79. The summed E-state index contributed by atoms with van der Waals surface area (Å²) in [5.41, 5.74) is 0.494. The number of hydrogen-bond acceptors (Lipinski definition) is 3. The van der Waals surface area contributed by atoms with Gasteiger partial charge in [-0.1, -0.05) is 12.1 Å². The smallest absolute Gasteiger partial charge is 0.259 e. The van der Waals surface area contributed by atoms with Crippen LogP contribution in [-0.2, 0) is 0 Å². The Kier molecular flexibility index (Phi) is 2.52. The van der Waals surface area contributed by atoms with E-state index in [9.17, 15) is 14.3 Å². The lowest BCUT2D eigenvalue weighted by Gasteiger charge is -2.03. The molecular formula is C14H9FN2O2. The fourth-order valence-corrected chi connectivity index (χ4v) is 1.90. The highest BCUT2D eigenvalue weighted by molar-refractivity contribution is 5.79. The van der Waals surface area contributed by atoms with E-state index in [4.69, 9.17) is 0 Å². The third-order valence-electron chi connectivity index (χ3n) is 2.79. The van der Waals surface area contributed by atoms with Crippen molar-refractivity contribution in [1.82, 2.24) is 9.97 Å². The number of aromatic nitrogens is 2. The molecule has 0 atom stereocenters. The minimum Gasteiger partial charge on any atom is -0.508 e. The highest BCUT2D eigenvalue weighted by Crippen LogP contribution is 2.20. The summed E-state index contributed by atoms with van der Waals surface area (Å²) in [4.78, 5) is 18.7. The molecule has 3 aromatic rings. The van der Waals surface area contributed by atoms with E-state index >= 15 is 0 Å². The molecule has 0 saturated heterocycles. The van der Waals surface area contributed by atoms with Crippen LogP contribution in [0.1, 0.15) is 0 Å². The average molecular weight is 256 g/mol. The van der Waals surface area contributed by atoms with Gasteiger partial charge in [-0.05, 0) is 24.3 Å². The minimum atomic E-state index is -0.451. The number of rotatable bonds is 1. The van der Waals surface area contributed by atoms with Crippen molar-refractivity contribution in [3.63, 3.8) is 0 Å². The maximum atomic E-state index is 13.2. The van der Waals surface area contributed by atoms with Crippen LogP contribution >= 0.6 is 0 Å². The first kappa shape index (κ1) is 11.4. The van der Waals surface area contributed by atoms with Crippen LogP contribution in [0.4, 0.5) is 4.39 Å². The van der Waals surface area contributed by atoms with Crippen LogP contribution in [0.3, 0.4) is 0 Å². The van der Waals surface area contributed by atoms with Crippen molar-refractivity contribution in [1.29, 1.82) is 0 Å². The number of aromatic hydroxyl groups is 1. The molecular weight excluding hydrogens is 247 g/mol. The van der Waals surface area contributed by atoms with E-state index < -0.39 is 5.82 Å². The highest BCUT2D eigenvalue weighted by Gasteiger charge is 2.07. The van der Waals surface area contributed by atoms with E-state index in [2.05, 4.69) is 9.97 Å². The molecule has 1 heterocycles. The van der Waals surface area contributed by atoms with E-state index in [1.807, 2.05) is 0 Å². The van der Waals surface area contributed by atoms with Crippen molar-refractivity contribution in [2.24, 2.45) is 0 Å². The normalized spacial score (nSPS) is 10.8. The van der Waals surface area contributed by atoms with Gasteiger partial charge in [-0.3, -0.25) is 4.79 Å². The molecule has 0 fully saturated rings. The lowest BCUT2D eigenvalue weighted by molar-refractivity contribution is 0.475. The molecule has 0 aliphatic carbocycles. The SMILES string of the molecule is O=c1[nH]c(-c2cccc(O)c2)nc2cc(F)ccc12. The Bertz CT molecular complexity index is 827. The standard InChI is InChI=1S/C14H9FN2O2/c15-9-4-5-11-12(7-9)16-13(17-14(11)19)8-2-1-3-10(18)6-8/h1-7,18H,(H,16,17,19). The molecule has 0 saturated carbocycles. The van der Waals surface area contributed by atoms with E-state index in [0.717, 1.165) is 0 Å². The fraction of sp³-hybridized carbons (Fsp3) is 0. The van der Waals surface area contributed by atoms with Crippen LogP contribution < -0.4 is 5.56 Å². The molecule has 5 heteroatoms. The number of aromatic amines is 1. The molecule has 0 spiro atoms. The second-order valence-corrected chi connectivity index (χ2v) is 4.13. The van der Waals surface area contributed by atoms with Gasteiger partial charge in [0, 0.05) is 11.6 Å². The van der Waals surface area contributed by atoms with Crippen LogP contribution in [0.25, 0.3) is 22.3 Å².